The largest absolute Gasteiger partial charge is 0.297 e. The Morgan fingerprint density at radius 1 is 0.962 bits per heavy atom. The molecule has 1 aliphatic carbocycles. The van der Waals surface area contributed by atoms with Gasteiger partial charge in [-0.15, -0.1) is 0 Å². The fourth-order valence-corrected chi connectivity index (χ4v) is 9.57. The summed E-state index contributed by atoms with van der Waals surface area (Å²) in [4.78, 5) is 0.282. The molecule has 3 nitrogen and oxygen atoms in total. The SMILES string of the molecule is CCC[Si@H]1CC[C@H]([C@H]2CC[C@H](OS(=O)(=O)c3ccc(C)cc3)CC2)CC1. The van der Waals surface area contributed by atoms with E-state index in [0.29, 0.717) is 0 Å². The summed E-state index contributed by atoms with van der Waals surface area (Å²) in [7, 11) is -4.03. The topological polar surface area (TPSA) is 43.4 Å². The van der Waals surface area contributed by atoms with E-state index in [1.165, 1.54) is 37.4 Å². The molecule has 26 heavy (non-hydrogen) atoms. The zero-order chi connectivity index (χ0) is 18.6. The molecule has 2 fully saturated rings. The van der Waals surface area contributed by atoms with Gasteiger partial charge in [0.1, 0.15) is 0 Å². The Bertz CT molecular complexity index is 655. The maximum absolute atomic E-state index is 12.5. The van der Waals surface area contributed by atoms with E-state index in [4.69, 9.17) is 4.18 Å². The van der Waals surface area contributed by atoms with E-state index in [1.807, 2.05) is 19.1 Å². The Kier molecular flexibility index (Phi) is 6.97. The van der Waals surface area contributed by atoms with E-state index in [0.717, 1.165) is 43.1 Å². The molecular formula is C21H34O3SSi. The molecule has 1 saturated heterocycles. The average Bonchev–Trinajstić information content (AvgIpc) is 2.63. The first-order chi connectivity index (χ1) is 12.5. The number of benzene rings is 1. The predicted octanol–water partition coefficient (Wildman–Crippen LogP) is 5.31. The third kappa shape index (κ3) is 5.20. The van der Waals surface area contributed by atoms with Gasteiger partial charge >= 0.3 is 0 Å². The molecule has 0 radical (unpaired) electrons. The van der Waals surface area contributed by atoms with Crippen LogP contribution in [-0.4, -0.2) is 23.3 Å². The monoisotopic (exact) mass is 394 g/mol. The molecule has 2 aliphatic rings. The molecule has 0 amide bonds. The summed E-state index contributed by atoms with van der Waals surface area (Å²) in [5, 5.41) is 0. The van der Waals surface area contributed by atoms with E-state index < -0.39 is 18.9 Å². The van der Waals surface area contributed by atoms with Crippen molar-refractivity contribution in [2.24, 2.45) is 11.8 Å². The van der Waals surface area contributed by atoms with Crippen molar-refractivity contribution >= 4 is 18.9 Å². The van der Waals surface area contributed by atoms with Gasteiger partial charge in [-0.25, -0.2) is 0 Å². The summed E-state index contributed by atoms with van der Waals surface area (Å²) in [6.45, 7) is 4.28. The first kappa shape index (κ1) is 20.1. The smallest absolute Gasteiger partial charge is 0.263 e. The highest BCUT2D eigenvalue weighted by Crippen LogP contribution is 2.40. The van der Waals surface area contributed by atoms with Crippen molar-refractivity contribution in [2.75, 3.05) is 0 Å². The van der Waals surface area contributed by atoms with Crippen molar-refractivity contribution in [3.8, 4) is 0 Å². The van der Waals surface area contributed by atoms with Crippen molar-refractivity contribution in [1.82, 2.24) is 0 Å². The lowest BCUT2D eigenvalue weighted by atomic mass is 9.76. The molecule has 5 heteroatoms. The van der Waals surface area contributed by atoms with Gasteiger partial charge in [0.25, 0.3) is 10.1 Å². The van der Waals surface area contributed by atoms with Crippen LogP contribution < -0.4 is 0 Å². The number of hydrogen-bond donors (Lipinski definition) is 0. The molecule has 1 saturated carbocycles. The molecule has 3 rings (SSSR count). The van der Waals surface area contributed by atoms with E-state index >= 15 is 0 Å². The average molecular weight is 395 g/mol. The van der Waals surface area contributed by atoms with Crippen molar-refractivity contribution in [3.63, 3.8) is 0 Å². The predicted molar refractivity (Wildman–Crippen MR) is 110 cm³/mol. The van der Waals surface area contributed by atoms with Crippen LogP contribution in [0.25, 0.3) is 0 Å². The lowest BCUT2D eigenvalue weighted by Crippen LogP contribution is -2.31. The molecule has 1 aliphatic heterocycles. The minimum atomic E-state index is -3.63. The second kappa shape index (κ2) is 9.02. The van der Waals surface area contributed by atoms with Crippen LogP contribution in [0.5, 0.6) is 0 Å². The molecule has 146 valence electrons. The van der Waals surface area contributed by atoms with Crippen LogP contribution in [0.1, 0.15) is 57.4 Å². The van der Waals surface area contributed by atoms with E-state index in [2.05, 4.69) is 6.92 Å². The van der Waals surface area contributed by atoms with Crippen LogP contribution in [0.4, 0.5) is 0 Å². The third-order valence-corrected chi connectivity index (χ3v) is 11.6. The van der Waals surface area contributed by atoms with Crippen molar-refractivity contribution < 1.29 is 12.6 Å². The zero-order valence-electron chi connectivity index (χ0n) is 16.3. The molecule has 1 heterocycles. The molecule has 0 spiro atoms. The molecular weight excluding hydrogens is 360 g/mol. The Balaban J connectivity index is 1.47. The highest BCUT2D eigenvalue weighted by Gasteiger charge is 2.33. The lowest BCUT2D eigenvalue weighted by molar-refractivity contribution is 0.112. The lowest BCUT2D eigenvalue weighted by Gasteiger charge is -2.37. The molecule has 0 aromatic heterocycles. The van der Waals surface area contributed by atoms with Crippen molar-refractivity contribution in [3.05, 3.63) is 29.8 Å². The van der Waals surface area contributed by atoms with Gasteiger partial charge < -0.3 is 0 Å². The molecule has 0 bridgehead atoms. The summed E-state index contributed by atoms with van der Waals surface area (Å²) in [5.74, 6) is 1.69. The van der Waals surface area contributed by atoms with Crippen molar-refractivity contribution in [2.45, 2.75) is 87.9 Å². The Morgan fingerprint density at radius 2 is 1.54 bits per heavy atom. The maximum Gasteiger partial charge on any atom is 0.297 e. The van der Waals surface area contributed by atoms with Gasteiger partial charge in [0, 0.05) is 8.80 Å². The summed E-state index contributed by atoms with van der Waals surface area (Å²) in [5.41, 5.74) is 1.06. The van der Waals surface area contributed by atoms with Crippen LogP contribution in [0.15, 0.2) is 29.2 Å². The maximum atomic E-state index is 12.5. The second-order valence-corrected chi connectivity index (χ2v) is 13.5. The number of aryl methyl sites for hydroxylation is 1. The van der Waals surface area contributed by atoms with Gasteiger partial charge in [0.05, 0.1) is 11.0 Å². The fraction of sp³-hybridized carbons (Fsp3) is 0.714. The Morgan fingerprint density at radius 3 is 2.12 bits per heavy atom. The normalized spacial score (nSPS) is 30.2. The van der Waals surface area contributed by atoms with Gasteiger partial charge in [-0.05, 0) is 56.6 Å². The summed E-state index contributed by atoms with van der Waals surface area (Å²) >= 11 is 0. The van der Waals surface area contributed by atoms with Crippen LogP contribution >= 0.6 is 0 Å². The highest BCUT2D eigenvalue weighted by atomic mass is 32.2. The quantitative estimate of drug-likeness (QED) is 0.485. The molecule has 1 aromatic rings. The Labute approximate surface area is 161 Å². The van der Waals surface area contributed by atoms with Crippen molar-refractivity contribution in [1.29, 1.82) is 0 Å². The first-order valence-corrected chi connectivity index (χ1v) is 14.3. The van der Waals surface area contributed by atoms with Gasteiger partial charge in [-0.2, -0.15) is 8.42 Å². The van der Waals surface area contributed by atoms with Gasteiger partial charge in [0.2, 0.25) is 0 Å². The summed E-state index contributed by atoms with van der Waals surface area (Å²) in [6.07, 6.45) is 8.17. The van der Waals surface area contributed by atoms with Crippen LogP contribution in [0.3, 0.4) is 0 Å². The molecule has 0 N–H and O–H groups in total. The fourth-order valence-electron chi connectivity index (χ4n) is 4.95. The molecule has 1 aromatic carbocycles. The standard InChI is InChI=1S/C21H34O3SSi/c1-3-14-26-15-12-19(13-16-26)18-6-8-20(9-7-18)24-25(22,23)21-10-4-17(2)5-11-21/h4-5,10-11,18-20,26H,3,6-9,12-16H2,1-2H3/t18-,19-,20-,26-. The van der Waals surface area contributed by atoms with E-state index in [1.54, 1.807) is 12.1 Å². The highest BCUT2D eigenvalue weighted by molar-refractivity contribution is 7.86. The minimum absolute atomic E-state index is 0.136. The summed E-state index contributed by atoms with van der Waals surface area (Å²) < 4.78 is 30.5. The molecule has 0 atom stereocenters. The van der Waals surface area contributed by atoms with Crippen LogP contribution in [0.2, 0.25) is 18.1 Å². The van der Waals surface area contributed by atoms with Crippen LogP contribution in [0, 0.1) is 18.8 Å². The zero-order valence-corrected chi connectivity index (χ0v) is 18.3. The minimum Gasteiger partial charge on any atom is -0.263 e. The van der Waals surface area contributed by atoms with E-state index in [9.17, 15) is 8.42 Å². The number of hydrogen-bond acceptors (Lipinski definition) is 3. The van der Waals surface area contributed by atoms with Crippen LogP contribution in [-0.2, 0) is 14.3 Å². The second-order valence-electron chi connectivity index (χ2n) is 8.47. The van der Waals surface area contributed by atoms with E-state index in [-0.39, 0.29) is 11.0 Å². The van der Waals surface area contributed by atoms with Gasteiger partial charge in [-0.3, -0.25) is 4.18 Å². The number of rotatable bonds is 6. The van der Waals surface area contributed by atoms with Gasteiger partial charge in [0.15, 0.2) is 0 Å². The first-order valence-electron chi connectivity index (χ1n) is 10.5. The third-order valence-electron chi connectivity index (χ3n) is 6.55. The van der Waals surface area contributed by atoms with Gasteiger partial charge in [-0.1, -0.05) is 62.0 Å². The summed E-state index contributed by atoms with van der Waals surface area (Å²) in [6, 6.07) is 11.6. The Hall–Kier alpha value is -0.653. The molecule has 0 unspecified atom stereocenters.